The van der Waals surface area contributed by atoms with Crippen LogP contribution in [0.2, 0.25) is 0 Å². The van der Waals surface area contributed by atoms with Crippen LogP contribution >= 0.6 is 0 Å². The van der Waals surface area contributed by atoms with E-state index in [4.69, 9.17) is 4.42 Å². The molecule has 0 bridgehead atoms. The number of benzene rings is 1. The van der Waals surface area contributed by atoms with E-state index < -0.39 is 0 Å². The number of hydrogen-bond donors (Lipinski definition) is 1. The summed E-state index contributed by atoms with van der Waals surface area (Å²) in [7, 11) is 0. The number of hydrogen-bond acceptors (Lipinski definition) is 3. The minimum Gasteiger partial charge on any atom is -0.451 e. The minimum atomic E-state index is -0.0228. The summed E-state index contributed by atoms with van der Waals surface area (Å²) in [6.07, 6.45) is 1.02. The number of piperazine rings is 1. The first-order chi connectivity index (χ1) is 10.7. The maximum Gasteiger partial charge on any atom is 0.289 e. The van der Waals surface area contributed by atoms with Gasteiger partial charge < -0.3 is 14.6 Å². The van der Waals surface area contributed by atoms with E-state index in [1.165, 1.54) is 5.56 Å². The van der Waals surface area contributed by atoms with Crippen molar-refractivity contribution in [3.8, 4) is 11.3 Å². The number of furan rings is 1. The summed E-state index contributed by atoms with van der Waals surface area (Å²) in [4.78, 5) is 14.4. The Balaban J connectivity index is 1.79. The fourth-order valence-corrected chi connectivity index (χ4v) is 2.80. The normalized spacial score (nSPS) is 18.5. The van der Waals surface area contributed by atoms with Crippen LogP contribution < -0.4 is 5.32 Å². The monoisotopic (exact) mass is 298 g/mol. The van der Waals surface area contributed by atoms with Gasteiger partial charge in [-0.25, -0.2) is 0 Å². The van der Waals surface area contributed by atoms with Gasteiger partial charge in [-0.15, -0.1) is 0 Å². The molecule has 1 amide bonds. The SMILES string of the molecule is CCc1ccc(-c2ccc(C(=O)N3CCNC[C@@H]3C)o2)cc1. The lowest BCUT2D eigenvalue weighted by atomic mass is 10.1. The zero-order chi connectivity index (χ0) is 15.5. The Kier molecular flexibility index (Phi) is 4.29. The van der Waals surface area contributed by atoms with Gasteiger partial charge in [0, 0.05) is 31.2 Å². The van der Waals surface area contributed by atoms with Crippen LogP contribution in [-0.4, -0.2) is 36.5 Å². The Labute approximate surface area is 131 Å². The number of amides is 1. The van der Waals surface area contributed by atoms with Gasteiger partial charge in [-0.05, 0) is 31.0 Å². The van der Waals surface area contributed by atoms with Crippen LogP contribution in [0.15, 0.2) is 40.8 Å². The molecule has 1 aliphatic rings. The smallest absolute Gasteiger partial charge is 0.289 e. The van der Waals surface area contributed by atoms with E-state index in [-0.39, 0.29) is 11.9 Å². The summed E-state index contributed by atoms with van der Waals surface area (Å²) in [5.74, 6) is 1.14. The molecule has 1 fully saturated rings. The number of carbonyl (C=O) groups is 1. The molecule has 3 rings (SSSR count). The third-order valence-electron chi connectivity index (χ3n) is 4.23. The number of nitrogens with zero attached hydrogens (tertiary/aromatic N) is 1. The van der Waals surface area contributed by atoms with Crippen molar-refractivity contribution in [2.24, 2.45) is 0 Å². The molecule has 1 saturated heterocycles. The van der Waals surface area contributed by atoms with Crippen molar-refractivity contribution < 1.29 is 9.21 Å². The van der Waals surface area contributed by atoms with Gasteiger partial charge in [-0.2, -0.15) is 0 Å². The summed E-state index contributed by atoms with van der Waals surface area (Å²) >= 11 is 0. The highest BCUT2D eigenvalue weighted by Gasteiger charge is 2.26. The predicted molar refractivity (Wildman–Crippen MR) is 86.9 cm³/mol. The van der Waals surface area contributed by atoms with Gasteiger partial charge in [-0.1, -0.05) is 31.2 Å². The van der Waals surface area contributed by atoms with Crippen LogP contribution in [0, 0.1) is 0 Å². The van der Waals surface area contributed by atoms with Crippen LogP contribution in [0.1, 0.15) is 30.0 Å². The Morgan fingerprint density at radius 1 is 1.27 bits per heavy atom. The van der Waals surface area contributed by atoms with Crippen molar-refractivity contribution in [2.45, 2.75) is 26.3 Å². The van der Waals surface area contributed by atoms with E-state index in [1.54, 1.807) is 6.07 Å². The molecule has 2 heterocycles. The average molecular weight is 298 g/mol. The van der Waals surface area contributed by atoms with Gasteiger partial charge in [0.15, 0.2) is 5.76 Å². The lowest BCUT2D eigenvalue weighted by Crippen LogP contribution is -2.52. The van der Waals surface area contributed by atoms with Gasteiger partial charge in [0.05, 0.1) is 0 Å². The van der Waals surface area contributed by atoms with Crippen molar-refractivity contribution in [1.82, 2.24) is 10.2 Å². The van der Waals surface area contributed by atoms with Gasteiger partial charge in [0.1, 0.15) is 5.76 Å². The van der Waals surface area contributed by atoms with Gasteiger partial charge in [0.2, 0.25) is 0 Å². The first kappa shape index (κ1) is 14.9. The highest BCUT2D eigenvalue weighted by atomic mass is 16.4. The van der Waals surface area contributed by atoms with E-state index in [0.717, 1.165) is 37.4 Å². The molecule has 1 aromatic heterocycles. The second-order valence-corrected chi connectivity index (χ2v) is 5.77. The van der Waals surface area contributed by atoms with Crippen LogP contribution in [0.25, 0.3) is 11.3 Å². The van der Waals surface area contributed by atoms with Crippen molar-refractivity contribution in [3.05, 3.63) is 47.7 Å². The molecule has 0 aliphatic carbocycles. The largest absolute Gasteiger partial charge is 0.451 e. The van der Waals surface area contributed by atoms with Crippen molar-refractivity contribution in [1.29, 1.82) is 0 Å². The second kappa shape index (κ2) is 6.36. The molecule has 1 N–H and O–H groups in total. The number of rotatable bonds is 3. The highest BCUT2D eigenvalue weighted by molar-refractivity contribution is 5.92. The fourth-order valence-electron chi connectivity index (χ4n) is 2.80. The Morgan fingerprint density at radius 2 is 2.05 bits per heavy atom. The summed E-state index contributed by atoms with van der Waals surface area (Å²) in [5.41, 5.74) is 2.30. The standard InChI is InChI=1S/C18H22N2O2/c1-3-14-4-6-15(7-5-14)16-8-9-17(22-16)18(21)20-11-10-19-12-13(20)2/h4-9,13,19H,3,10-12H2,1-2H3/t13-/m0/s1. The summed E-state index contributed by atoms with van der Waals surface area (Å²) in [6.45, 7) is 6.58. The maximum absolute atomic E-state index is 12.6. The Morgan fingerprint density at radius 3 is 2.73 bits per heavy atom. The first-order valence-corrected chi connectivity index (χ1v) is 7.90. The lowest BCUT2D eigenvalue weighted by molar-refractivity contribution is 0.0624. The molecule has 116 valence electrons. The first-order valence-electron chi connectivity index (χ1n) is 7.90. The third kappa shape index (κ3) is 2.92. The molecular formula is C18H22N2O2. The minimum absolute atomic E-state index is 0.0228. The van der Waals surface area contributed by atoms with Crippen LogP contribution in [0.3, 0.4) is 0 Å². The van der Waals surface area contributed by atoms with Crippen molar-refractivity contribution in [2.75, 3.05) is 19.6 Å². The molecule has 4 nitrogen and oxygen atoms in total. The van der Waals surface area contributed by atoms with E-state index in [1.807, 2.05) is 23.1 Å². The number of nitrogens with one attached hydrogen (secondary N) is 1. The summed E-state index contributed by atoms with van der Waals surface area (Å²) < 4.78 is 5.79. The fraction of sp³-hybridized carbons (Fsp3) is 0.389. The lowest BCUT2D eigenvalue weighted by Gasteiger charge is -2.33. The molecule has 1 atom stereocenters. The van der Waals surface area contributed by atoms with Gasteiger partial charge in [0.25, 0.3) is 5.91 Å². The van der Waals surface area contributed by atoms with Crippen LogP contribution in [0.4, 0.5) is 0 Å². The molecule has 0 radical (unpaired) electrons. The second-order valence-electron chi connectivity index (χ2n) is 5.77. The molecule has 1 aliphatic heterocycles. The van der Waals surface area contributed by atoms with Crippen LogP contribution in [-0.2, 0) is 6.42 Å². The average Bonchev–Trinajstić information content (AvgIpc) is 3.05. The third-order valence-corrected chi connectivity index (χ3v) is 4.23. The molecule has 0 unspecified atom stereocenters. The van der Waals surface area contributed by atoms with E-state index >= 15 is 0 Å². The molecule has 1 aromatic carbocycles. The zero-order valence-corrected chi connectivity index (χ0v) is 13.1. The molecule has 2 aromatic rings. The summed E-state index contributed by atoms with van der Waals surface area (Å²) in [5, 5.41) is 3.29. The van der Waals surface area contributed by atoms with E-state index in [2.05, 4.69) is 31.3 Å². The zero-order valence-electron chi connectivity index (χ0n) is 13.1. The molecule has 0 spiro atoms. The maximum atomic E-state index is 12.6. The number of aryl methyl sites for hydroxylation is 1. The topological polar surface area (TPSA) is 45.5 Å². The Bertz CT molecular complexity index is 645. The van der Waals surface area contributed by atoms with Gasteiger partial charge >= 0.3 is 0 Å². The molecule has 0 saturated carbocycles. The highest BCUT2D eigenvalue weighted by Crippen LogP contribution is 2.24. The molecule has 22 heavy (non-hydrogen) atoms. The predicted octanol–water partition coefficient (Wildman–Crippen LogP) is 2.94. The van der Waals surface area contributed by atoms with E-state index in [0.29, 0.717) is 5.76 Å². The van der Waals surface area contributed by atoms with Crippen molar-refractivity contribution in [3.63, 3.8) is 0 Å². The van der Waals surface area contributed by atoms with Crippen LogP contribution in [0.5, 0.6) is 0 Å². The number of carbonyl (C=O) groups excluding carboxylic acids is 1. The van der Waals surface area contributed by atoms with E-state index in [9.17, 15) is 4.79 Å². The quantitative estimate of drug-likeness (QED) is 0.947. The van der Waals surface area contributed by atoms with Gasteiger partial charge in [-0.3, -0.25) is 4.79 Å². The summed E-state index contributed by atoms with van der Waals surface area (Å²) in [6, 6.07) is 12.1. The molecular weight excluding hydrogens is 276 g/mol. The molecule has 4 heteroatoms. The van der Waals surface area contributed by atoms with Crippen molar-refractivity contribution >= 4 is 5.91 Å². The Hall–Kier alpha value is -2.07.